The lowest BCUT2D eigenvalue weighted by Gasteiger charge is -2.35. The smallest absolute Gasteiger partial charge is 0.225 e. The molecule has 2 atom stereocenters. The first kappa shape index (κ1) is 19.4. The maximum absolute atomic E-state index is 12.5. The molecule has 0 spiro atoms. The van der Waals surface area contributed by atoms with Gasteiger partial charge in [0.05, 0.1) is 0 Å². The number of ether oxygens (including phenoxy) is 1. The average molecular weight is 285 g/mol. The van der Waals surface area contributed by atoms with E-state index in [0.29, 0.717) is 6.61 Å². The molecule has 1 amide bonds. The Hall–Kier alpha value is -0.570. The molecule has 0 heterocycles. The molecule has 3 nitrogen and oxygen atoms in total. The average Bonchev–Trinajstić information content (AvgIpc) is 2.23. The maximum atomic E-state index is 12.5. The van der Waals surface area contributed by atoms with Crippen molar-refractivity contribution in [3.8, 4) is 0 Å². The fourth-order valence-corrected chi connectivity index (χ4v) is 2.15. The Bertz CT molecular complexity index is 286. The Morgan fingerprint density at radius 3 is 2.10 bits per heavy atom. The lowest BCUT2D eigenvalue weighted by Crippen LogP contribution is -2.44. The van der Waals surface area contributed by atoms with E-state index in [1.54, 1.807) is 0 Å². The van der Waals surface area contributed by atoms with Gasteiger partial charge in [0.15, 0.2) is 0 Å². The van der Waals surface area contributed by atoms with Crippen molar-refractivity contribution in [2.45, 2.75) is 80.9 Å². The number of hydrogen-bond acceptors (Lipinski definition) is 2. The van der Waals surface area contributed by atoms with E-state index in [4.69, 9.17) is 4.74 Å². The zero-order valence-electron chi connectivity index (χ0n) is 14.8. The van der Waals surface area contributed by atoms with Gasteiger partial charge in [0.25, 0.3) is 0 Å². The van der Waals surface area contributed by atoms with Gasteiger partial charge in [-0.2, -0.15) is 0 Å². The van der Waals surface area contributed by atoms with Crippen LogP contribution >= 0.6 is 0 Å². The molecule has 3 heteroatoms. The maximum Gasteiger partial charge on any atom is 0.225 e. The van der Waals surface area contributed by atoms with Crippen LogP contribution in [0.1, 0.15) is 74.7 Å². The van der Waals surface area contributed by atoms with Crippen molar-refractivity contribution in [3.63, 3.8) is 0 Å². The van der Waals surface area contributed by atoms with Gasteiger partial charge in [-0.1, -0.05) is 54.9 Å². The van der Waals surface area contributed by atoms with Crippen LogP contribution in [0, 0.1) is 16.7 Å². The largest absolute Gasteiger partial charge is 0.359 e. The van der Waals surface area contributed by atoms with Crippen molar-refractivity contribution in [3.05, 3.63) is 0 Å². The third-order valence-electron chi connectivity index (χ3n) is 3.39. The Morgan fingerprint density at radius 2 is 1.70 bits per heavy atom. The summed E-state index contributed by atoms with van der Waals surface area (Å²) in [6.07, 6.45) is 2.81. The molecule has 20 heavy (non-hydrogen) atoms. The quantitative estimate of drug-likeness (QED) is 0.557. The molecule has 2 unspecified atom stereocenters. The Labute approximate surface area is 125 Å². The first-order chi connectivity index (χ1) is 8.97. The standard InChI is InChI=1S/C17H35NO2/c1-9-10-11-20-13(2)18-15(19)14(17(6,7)8)12-16(3,4)5/h13-14H,9-12H2,1-8H3,(H,18,19). The predicted octanol–water partition coefficient (Wildman–Crippen LogP) is 4.36. The summed E-state index contributed by atoms with van der Waals surface area (Å²) in [5.74, 6) is 0.108. The highest BCUT2D eigenvalue weighted by Crippen LogP contribution is 2.36. The number of amides is 1. The molecule has 0 aromatic carbocycles. The van der Waals surface area contributed by atoms with Crippen molar-refractivity contribution < 1.29 is 9.53 Å². The van der Waals surface area contributed by atoms with E-state index in [1.807, 2.05) is 6.92 Å². The second-order valence-electron chi connectivity index (χ2n) is 8.06. The van der Waals surface area contributed by atoms with E-state index < -0.39 is 0 Å². The summed E-state index contributed by atoms with van der Waals surface area (Å²) >= 11 is 0. The molecule has 0 aromatic rings. The van der Waals surface area contributed by atoms with E-state index in [1.165, 1.54) is 0 Å². The summed E-state index contributed by atoms with van der Waals surface area (Å²) in [4.78, 5) is 12.5. The second-order valence-corrected chi connectivity index (χ2v) is 8.06. The van der Waals surface area contributed by atoms with E-state index >= 15 is 0 Å². The minimum atomic E-state index is -0.209. The minimum absolute atomic E-state index is 0.000254. The Morgan fingerprint density at radius 1 is 1.15 bits per heavy atom. The van der Waals surface area contributed by atoms with Crippen molar-refractivity contribution >= 4 is 5.91 Å². The van der Waals surface area contributed by atoms with Gasteiger partial charge in [0.1, 0.15) is 6.23 Å². The highest BCUT2D eigenvalue weighted by molar-refractivity contribution is 5.79. The van der Waals surface area contributed by atoms with Gasteiger partial charge in [-0.05, 0) is 30.6 Å². The number of carbonyl (C=O) groups excluding carboxylic acids is 1. The molecule has 0 aliphatic carbocycles. The van der Waals surface area contributed by atoms with Gasteiger partial charge in [-0.25, -0.2) is 0 Å². The lowest BCUT2D eigenvalue weighted by atomic mass is 9.71. The number of nitrogens with one attached hydrogen (secondary N) is 1. The SMILES string of the molecule is CCCCOC(C)NC(=O)C(CC(C)(C)C)C(C)(C)C. The van der Waals surface area contributed by atoms with Crippen LogP contribution in [-0.2, 0) is 9.53 Å². The molecule has 1 N–H and O–H groups in total. The predicted molar refractivity (Wildman–Crippen MR) is 85.5 cm³/mol. The summed E-state index contributed by atoms with van der Waals surface area (Å²) in [6, 6.07) is 0. The fraction of sp³-hybridized carbons (Fsp3) is 0.941. The topological polar surface area (TPSA) is 38.3 Å². The zero-order chi connectivity index (χ0) is 16.0. The number of carbonyl (C=O) groups is 1. The van der Waals surface area contributed by atoms with E-state index in [9.17, 15) is 4.79 Å². The fourth-order valence-electron chi connectivity index (χ4n) is 2.15. The molecular weight excluding hydrogens is 250 g/mol. The van der Waals surface area contributed by atoms with Gasteiger partial charge >= 0.3 is 0 Å². The summed E-state index contributed by atoms with van der Waals surface area (Å²) in [6.45, 7) is 17.7. The molecule has 0 saturated carbocycles. The summed E-state index contributed by atoms with van der Waals surface area (Å²) in [7, 11) is 0. The molecule has 120 valence electrons. The third kappa shape index (κ3) is 8.57. The molecule has 0 aliphatic rings. The molecule has 0 aliphatic heterocycles. The van der Waals surface area contributed by atoms with E-state index in [0.717, 1.165) is 19.3 Å². The third-order valence-corrected chi connectivity index (χ3v) is 3.39. The Balaban J connectivity index is 4.57. The van der Waals surface area contributed by atoms with Crippen molar-refractivity contribution in [1.82, 2.24) is 5.32 Å². The molecule has 0 radical (unpaired) electrons. The molecule has 0 rings (SSSR count). The second kappa shape index (κ2) is 8.02. The monoisotopic (exact) mass is 285 g/mol. The lowest BCUT2D eigenvalue weighted by molar-refractivity contribution is -0.133. The van der Waals surface area contributed by atoms with Crippen LogP contribution in [0.3, 0.4) is 0 Å². The normalized spacial score (nSPS) is 15.8. The molecule has 0 fully saturated rings. The Kier molecular flexibility index (Phi) is 7.79. The summed E-state index contributed by atoms with van der Waals surface area (Å²) in [5, 5.41) is 3.01. The van der Waals surface area contributed by atoms with Gasteiger partial charge in [0, 0.05) is 12.5 Å². The van der Waals surface area contributed by atoms with Crippen molar-refractivity contribution in [2.24, 2.45) is 16.7 Å². The van der Waals surface area contributed by atoms with Crippen LogP contribution in [-0.4, -0.2) is 18.7 Å². The van der Waals surface area contributed by atoms with Gasteiger partial charge in [-0.15, -0.1) is 0 Å². The van der Waals surface area contributed by atoms with Crippen LogP contribution in [0.5, 0.6) is 0 Å². The molecule has 0 bridgehead atoms. The molecular formula is C17H35NO2. The minimum Gasteiger partial charge on any atom is -0.359 e. The van der Waals surface area contributed by atoms with Gasteiger partial charge in [-0.3, -0.25) is 4.79 Å². The van der Waals surface area contributed by atoms with Crippen LogP contribution in [0.2, 0.25) is 0 Å². The number of rotatable bonds is 7. The molecule has 0 aromatic heterocycles. The summed E-state index contributed by atoms with van der Waals surface area (Å²) in [5.41, 5.74) is 0.0993. The van der Waals surface area contributed by atoms with Crippen molar-refractivity contribution in [1.29, 1.82) is 0 Å². The van der Waals surface area contributed by atoms with Crippen LogP contribution in [0.4, 0.5) is 0 Å². The highest BCUT2D eigenvalue weighted by atomic mass is 16.5. The van der Waals surface area contributed by atoms with Crippen molar-refractivity contribution in [2.75, 3.05) is 6.61 Å². The van der Waals surface area contributed by atoms with E-state index in [-0.39, 0.29) is 28.9 Å². The zero-order valence-corrected chi connectivity index (χ0v) is 14.8. The first-order valence-electron chi connectivity index (χ1n) is 7.89. The number of hydrogen-bond donors (Lipinski definition) is 1. The van der Waals surface area contributed by atoms with Crippen LogP contribution in [0.15, 0.2) is 0 Å². The van der Waals surface area contributed by atoms with Crippen LogP contribution in [0.25, 0.3) is 0 Å². The van der Waals surface area contributed by atoms with E-state index in [2.05, 4.69) is 53.8 Å². The number of unbranched alkanes of at least 4 members (excludes halogenated alkanes) is 1. The summed E-state index contributed by atoms with van der Waals surface area (Å²) < 4.78 is 5.61. The first-order valence-corrected chi connectivity index (χ1v) is 7.89. The molecule has 0 saturated heterocycles. The van der Waals surface area contributed by atoms with Gasteiger partial charge < -0.3 is 10.1 Å². The highest BCUT2D eigenvalue weighted by Gasteiger charge is 2.35. The van der Waals surface area contributed by atoms with Crippen LogP contribution < -0.4 is 5.32 Å². The van der Waals surface area contributed by atoms with Gasteiger partial charge in [0.2, 0.25) is 5.91 Å².